The Morgan fingerprint density at radius 1 is 1.60 bits per heavy atom. The highest BCUT2D eigenvalue weighted by Crippen LogP contribution is 2.03. The van der Waals surface area contributed by atoms with Gasteiger partial charge in [0.1, 0.15) is 0 Å². The number of hydrogen-bond acceptors (Lipinski definition) is 4. The van der Waals surface area contributed by atoms with E-state index in [4.69, 9.17) is 14.6 Å². The van der Waals surface area contributed by atoms with E-state index in [1.54, 1.807) is 13.1 Å². The molecule has 0 aromatic heterocycles. The van der Waals surface area contributed by atoms with Crippen molar-refractivity contribution in [2.45, 2.75) is 13.1 Å². The van der Waals surface area contributed by atoms with Gasteiger partial charge in [-0.25, -0.2) is 0 Å². The van der Waals surface area contributed by atoms with Crippen LogP contribution in [0.25, 0.3) is 0 Å². The molecular formula is C5H13NO3Si. The van der Waals surface area contributed by atoms with Gasteiger partial charge in [0.05, 0.1) is 6.54 Å². The molecule has 0 rings (SSSR count). The number of carbonyl (C=O) groups is 1. The molecule has 0 saturated carbocycles. The highest BCUT2D eigenvalue weighted by Gasteiger charge is 2.26. The van der Waals surface area contributed by atoms with Gasteiger partial charge in [0.2, 0.25) is 0 Å². The fourth-order valence-corrected chi connectivity index (χ4v) is 1.07. The van der Waals surface area contributed by atoms with Gasteiger partial charge in [0, 0.05) is 7.11 Å². The van der Waals surface area contributed by atoms with E-state index >= 15 is 0 Å². The third kappa shape index (κ3) is 3.60. The average Bonchev–Trinajstić information content (AvgIpc) is 1.87. The molecule has 2 N–H and O–H groups in total. The molecule has 0 aromatic carbocycles. The Morgan fingerprint density at radius 2 is 2.10 bits per heavy atom. The molecule has 0 heterocycles. The molecule has 0 saturated heterocycles. The van der Waals surface area contributed by atoms with E-state index in [2.05, 4.69) is 0 Å². The normalized spacial score (nSPS) is 11.2. The third-order valence-electron chi connectivity index (χ3n) is 1.02. The molecule has 0 spiro atoms. The minimum atomic E-state index is -2.19. The molecular weight excluding hydrogens is 150 g/mol. The Labute approximate surface area is 61.6 Å². The van der Waals surface area contributed by atoms with Gasteiger partial charge in [-0.1, -0.05) is 0 Å². The van der Waals surface area contributed by atoms with Crippen LogP contribution in [0.3, 0.4) is 0 Å². The van der Waals surface area contributed by atoms with Gasteiger partial charge < -0.3 is 14.6 Å². The zero-order chi connectivity index (χ0) is 8.20. The van der Waals surface area contributed by atoms with Gasteiger partial charge >= 0.3 is 14.5 Å². The van der Waals surface area contributed by atoms with Crippen LogP contribution < -0.4 is 5.73 Å². The van der Waals surface area contributed by atoms with Crippen molar-refractivity contribution < 1.29 is 13.6 Å². The van der Waals surface area contributed by atoms with Crippen LogP contribution in [0, 0.1) is 0 Å². The lowest BCUT2D eigenvalue weighted by Crippen LogP contribution is -2.38. The second-order valence-corrected chi connectivity index (χ2v) is 5.69. The van der Waals surface area contributed by atoms with Crippen LogP contribution in [0.2, 0.25) is 13.1 Å². The second-order valence-electron chi connectivity index (χ2n) is 2.28. The van der Waals surface area contributed by atoms with Crippen molar-refractivity contribution in [1.29, 1.82) is 0 Å². The van der Waals surface area contributed by atoms with Crippen molar-refractivity contribution in [2.75, 3.05) is 13.7 Å². The van der Waals surface area contributed by atoms with Gasteiger partial charge in [-0.3, -0.25) is 4.79 Å². The summed E-state index contributed by atoms with van der Waals surface area (Å²) in [7, 11) is -0.667. The Kier molecular flexibility index (Phi) is 3.55. The van der Waals surface area contributed by atoms with E-state index in [-0.39, 0.29) is 6.54 Å². The summed E-state index contributed by atoms with van der Waals surface area (Å²) in [5, 5.41) is 0. The maximum absolute atomic E-state index is 10.6. The monoisotopic (exact) mass is 163 g/mol. The summed E-state index contributed by atoms with van der Waals surface area (Å²) in [5.41, 5.74) is 5.03. The van der Waals surface area contributed by atoms with Crippen LogP contribution in [0.5, 0.6) is 0 Å². The van der Waals surface area contributed by atoms with Gasteiger partial charge in [-0.15, -0.1) is 0 Å². The molecule has 0 fully saturated rings. The van der Waals surface area contributed by atoms with E-state index in [9.17, 15) is 4.79 Å². The van der Waals surface area contributed by atoms with E-state index in [0.29, 0.717) is 0 Å². The zero-order valence-corrected chi connectivity index (χ0v) is 7.51. The standard InChI is InChI=1S/C5H13NO3Si/c1-8-10(2,3)9-5(7)4-6/h4,6H2,1-3H3. The van der Waals surface area contributed by atoms with Crippen LogP contribution in [-0.2, 0) is 13.6 Å². The molecule has 0 atom stereocenters. The molecule has 60 valence electrons. The Bertz CT molecular complexity index is 126. The smallest absolute Gasteiger partial charge is 0.394 e. The van der Waals surface area contributed by atoms with Crippen molar-refractivity contribution in [1.82, 2.24) is 0 Å². The van der Waals surface area contributed by atoms with Crippen LogP contribution >= 0.6 is 0 Å². The summed E-state index contributed by atoms with van der Waals surface area (Å²) in [6.45, 7) is 3.47. The van der Waals surface area contributed by atoms with Gasteiger partial charge in [-0.05, 0) is 13.1 Å². The summed E-state index contributed by atoms with van der Waals surface area (Å²) in [5.74, 6) is -0.404. The van der Waals surface area contributed by atoms with Crippen molar-refractivity contribution in [2.24, 2.45) is 5.73 Å². The van der Waals surface area contributed by atoms with Crippen LogP contribution in [-0.4, -0.2) is 28.2 Å². The Morgan fingerprint density at radius 3 is 2.40 bits per heavy atom. The molecule has 0 aliphatic carbocycles. The van der Waals surface area contributed by atoms with Gasteiger partial charge in [0.15, 0.2) is 0 Å². The average molecular weight is 163 g/mol. The number of nitrogens with two attached hydrogens (primary N) is 1. The van der Waals surface area contributed by atoms with Gasteiger partial charge in [0.25, 0.3) is 0 Å². The minimum absolute atomic E-state index is 0.0835. The molecule has 0 aromatic rings. The first kappa shape index (κ1) is 9.61. The third-order valence-corrected chi connectivity index (χ3v) is 2.72. The first-order chi connectivity index (χ1) is 4.52. The lowest BCUT2D eigenvalue weighted by molar-refractivity contribution is -0.134. The van der Waals surface area contributed by atoms with E-state index in [0.717, 1.165) is 0 Å². The number of carbonyl (C=O) groups excluding carboxylic acids is 1. The summed E-state index contributed by atoms with van der Waals surface area (Å²) in [4.78, 5) is 10.6. The van der Waals surface area contributed by atoms with Gasteiger partial charge in [-0.2, -0.15) is 0 Å². The second kappa shape index (κ2) is 3.70. The minimum Gasteiger partial charge on any atom is -0.494 e. The van der Waals surface area contributed by atoms with E-state index < -0.39 is 14.5 Å². The summed E-state index contributed by atoms with van der Waals surface area (Å²) in [6, 6.07) is 0. The van der Waals surface area contributed by atoms with Crippen LogP contribution in [0.4, 0.5) is 0 Å². The molecule has 10 heavy (non-hydrogen) atoms. The summed E-state index contributed by atoms with van der Waals surface area (Å²) in [6.07, 6.45) is 0. The fourth-order valence-electron chi connectivity index (χ4n) is 0.357. The van der Waals surface area contributed by atoms with Crippen molar-refractivity contribution in [3.05, 3.63) is 0 Å². The molecule has 0 amide bonds. The summed E-state index contributed by atoms with van der Waals surface area (Å²) < 4.78 is 9.84. The predicted octanol–water partition coefficient (Wildman–Crippen LogP) is -0.164. The highest BCUT2D eigenvalue weighted by atomic mass is 28.4. The van der Waals surface area contributed by atoms with E-state index in [1.165, 1.54) is 7.11 Å². The largest absolute Gasteiger partial charge is 0.494 e. The maximum Gasteiger partial charge on any atom is 0.394 e. The molecule has 0 bridgehead atoms. The number of hydrogen-bond donors (Lipinski definition) is 1. The summed E-state index contributed by atoms with van der Waals surface area (Å²) >= 11 is 0. The van der Waals surface area contributed by atoms with Crippen molar-refractivity contribution >= 4 is 14.5 Å². The molecule has 0 radical (unpaired) electrons. The van der Waals surface area contributed by atoms with Crippen molar-refractivity contribution in [3.8, 4) is 0 Å². The molecule has 0 aliphatic heterocycles. The van der Waals surface area contributed by atoms with E-state index in [1.807, 2.05) is 0 Å². The number of rotatable bonds is 3. The zero-order valence-electron chi connectivity index (χ0n) is 6.51. The van der Waals surface area contributed by atoms with Crippen LogP contribution in [0.1, 0.15) is 0 Å². The molecule has 0 aliphatic rings. The molecule has 4 nitrogen and oxygen atoms in total. The SMILES string of the molecule is CO[Si](C)(C)OC(=O)CN. The fraction of sp³-hybridized carbons (Fsp3) is 0.800. The predicted molar refractivity (Wildman–Crippen MR) is 39.6 cm³/mol. The topological polar surface area (TPSA) is 61.5 Å². The Balaban J connectivity index is 3.76. The van der Waals surface area contributed by atoms with Crippen molar-refractivity contribution in [3.63, 3.8) is 0 Å². The quantitative estimate of drug-likeness (QED) is 0.587. The first-order valence-corrected chi connectivity index (χ1v) is 5.80. The first-order valence-electron chi connectivity index (χ1n) is 2.99. The van der Waals surface area contributed by atoms with Crippen LogP contribution in [0.15, 0.2) is 0 Å². The highest BCUT2D eigenvalue weighted by molar-refractivity contribution is 6.66. The lowest BCUT2D eigenvalue weighted by atomic mass is 10.7. The lowest BCUT2D eigenvalue weighted by Gasteiger charge is -2.18. The Hall–Kier alpha value is -0.393. The molecule has 0 unspecified atom stereocenters. The maximum atomic E-state index is 10.6. The molecule has 5 heteroatoms.